The van der Waals surface area contributed by atoms with E-state index in [1.165, 1.54) is 12.8 Å². The smallest absolute Gasteiger partial charge is 0.269 e. The van der Waals surface area contributed by atoms with Crippen LogP contribution in [0.2, 0.25) is 0 Å². The highest BCUT2D eigenvalue weighted by Crippen LogP contribution is 2.23. The van der Waals surface area contributed by atoms with Crippen molar-refractivity contribution < 1.29 is 9.85 Å². The number of likely N-dealkylation sites (tertiary alicyclic amines) is 1. The van der Waals surface area contributed by atoms with Gasteiger partial charge in [-0.25, -0.2) is 0 Å². The van der Waals surface area contributed by atoms with Gasteiger partial charge in [0, 0.05) is 30.8 Å². The van der Waals surface area contributed by atoms with Crippen molar-refractivity contribution in [3.8, 4) is 0 Å². The fourth-order valence-electron chi connectivity index (χ4n) is 3.73. The van der Waals surface area contributed by atoms with Crippen LogP contribution in [0, 0.1) is 26.1 Å². The van der Waals surface area contributed by atoms with E-state index < -0.39 is 0 Å². The summed E-state index contributed by atoms with van der Waals surface area (Å²) in [6, 6.07) is 13.7. The molecule has 148 valence electrons. The van der Waals surface area contributed by atoms with Crippen LogP contribution in [0.5, 0.6) is 0 Å². The minimum absolute atomic E-state index is 0.137. The molecule has 3 rings (SSSR count). The van der Waals surface area contributed by atoms with E-state index in [-0.39, 0.29) is 21.2 Å². The Morgan fingerprint density at radius 1 is 0.786 bits per heavy atom. The van der Waals surface area contributed by atoms with Crippen molar-refractivity contribution in [1.82, 2.24) is 4.90 Å². The summed E-state index contributed by atoms with van der Waals surface area (Å²) < 4.78 is 0. The molecule has 7 nitrogen and oxygen atoms in total. The van der Waals surface area contributed by atoms with Crippen LogP contribution in [0.1, 0.15) is 30.4 Å². The number of nitro benzene ring substituents is 2. The van der Waals surface area contributed by atoms with Gasteiger partial charge in [0.2, 0.25) is 0 Å². The van der Waals surface area contributed by atoms with Crippen LogP contribution in [-0.4, -0.2) is 34.4 Å². The lowest BCUT2D eigenvalue weighted by atomic mass is 9.90. The molecule has 1 aliphatic heterocycles. The Morgan fingerprint density at radius 3 is 1.71 bits per heavy atom. The molecule has 7 heteroatoms. The quantitative estimate of drug-likeness (QED) is 0.498. The van der Waals surface area contributed by atoms with E-state index in [0.717, 1.165) is 50.0 Å². The van der Waals surface area contributed by atoms with Crippen LogP contribution in [0.4, 0.5) is 11.4 Å². The fraction of sp³-hybridized carbons (Fsp3) is 0.429. The first-order valence-electron chi connectivity index (χ1n) is 9.70. The fourth-order valence-corrected chi connectivity index (χ4v) is 3.73. The zero-order valence-electron chi connectivity index (χ0n) is 15.8. The molecule has 0 aromatic heterocycles. The molecule has 0 spiro atoms. The highest BCUT2D eigenvalue weighted by Gasteiger charge is 2.19. The lowest BCUT2D eigenvalue weighted by Crippen LogP contribution is -2.35. The van der Waals surface area contributed by atoms with Crippen LogP contribution in [-0.2, 0) is 12.8 Å². The van der Waals surface area contributed by atoms with Crippen molar-refractivity contribution in [3.63, 3.8) is 0 Å². The Morgan fingerprint density at radius 2 is 1.25 bits per heavy atom. The standard InChI is InChI=1S/C21H25N3O4/c25-23(26)20-7-3-17(4-8-20)1-2-19-12-15-22(16-13-19)14-11-18-5-9-21(10-6-18)24(27)28/h3-10,19H,1-2,11-16H2. The Hall–Kier alpha value is -2.80. The van der Waals surface area contributed by atoms with Crippen molar-refractivity contribution in [1.29, 1.82) is 0 Å². The Bertz CT molecular complexity index is 728. The maximum absolute atomic E-state index is 10.7. The summed E-state index contributed by atoms with van der Waals surface area (Å²) in [5.41, 5.74) is 2.57. The zero-order valence-corrected chi connectivity index (χ0v) is 15.8. The molecular weight excluding hydrogens is 358 g/mol. The minimum atomic E-state index is -0.370. The number of hydrogen-bond acceptors (Lipinski definition) is 5. The zero-order chi connectivity index (χ0) is 19.9. The molecule has 2 aromatic rings. The van der Waals surface area contributed by atoms with Gasteiger partial charge in [-0.1, -0.05) is 24.3 Å². The first kappa shape index (κ1) is 19.9. The van der Waals surface area contributed by atoms with E-state index in [1.54, 1.807) is 24.3 Å². The van der Waals surface area contributed by atoms with Gasteiger partial charge in [-0.05, 0) is 62.2 Å². The third-order valence-electron chi connectivity index (χ3n) is 5.56. The first-order chi connectivity index (χ1) is 13.5. The largest absolute Gasteiger partial charge is 0.303 e. The molecular formula is C21H25N3O4. The van der Waals surface area contributed by atoms with Gasteiger partial charge in [-0.3, -0.25) is 20.2 Å². The summed E-state index contributed by atoms with van der Waals surface area (Å²) in [6.07, 6.45) is 5.34. The number of nitro groups is 2. The molecule has 0 unspecified atom stereocenters. The molecule has 1 aliphatic rings. The summed E-state index contributed by atoms with van der Waals surface area (Å²) in [6.45, 7) is 3.14. The number of benzene rings is 2. The first-order valence-corrected chi connectivity index (χ1v) is 9.70. The normalized spacial score (nSPS) is 15.4. The van der Waals surface area contributed by atoms with Crippen molar-refractivity contribution in [2.24, 2.45) is 5.92 Å². The summed E-state index contributed by atoms with van der Waals surface area (Å²) in [5, 5.41) is 21.4. The number of hydrogen-bond donors (Lipinski definition) is 0. The number of nitrogens with zero attached hydrogens (tertiary/aromatic N) is 3. The van der Waals surface area contributed by atoms with Gasteiger partial charge < -0.3 is 4.90 Å². The summed E-state index contributed by atoms with van der Waals surface area (Å²) in [4.78, 5) is 23.1. The molecule has 0 radical (unpaired) electrons. The topological polar surface area (TPSA) is 89.5 Å². The van der Waals surface area contributed by atoms with Gasteiger partial charge in [0.25, 0.3) is 11.4 Å². The molecule has 1 saturated heterocycles. The van der Waals surface area contributed by atoms with Crippen molar-refractivity contribution >= 4 is 11.4 Å². The van der Waals surface area contributed by atoms with Crippen molar-refractivity contribution in [2.75, 3.05) is 19.6 Å². The SMILES string of the molecule is O=[N+]([O-])c1ccc(CCC2CCN(CCc3ccc([N+](=O)[O-])cc3)CC2)cc1. The molecule has 1 heterocycles. The Kier molecular flexibility index (Phi) is 6.71. The van der Waals surface area contributed by atoms with Gasteiger partial charge in [0.15, 0.2) is 0 Å². The molecule has 2 aromatic carbocycles. The lowest BCUT2D eigenvalue weighted by Gasteiger charge is -2.32. The van der Waals surface area contributed by atoms with E-state index >= 15 is 0 Å². The van der Waals surface area contributed by atoms with Crippen LogP contribution in [0.15, 0.2) is 48.5 Å². The predicted octanol–water partition coefficient (Wildman–Crippen LogP) is 4.39. The van der Waals surface area contributed by atoms with E-state index in [4.69, 9.17) is 0 Å². The molecule has 0 N–H and O–H groups in total. The summed E-state index contributed by atoms with van der Waals surface area (Å²) in [7, 11) is 0. The van der Waals surface area contributed by atoms with Gasteiger partial charge in [-0.15, -0.1) is 0 Å². The van der Waals surface area contributed by atoms with Crippen LogP contribution < -0.4 is 0 Å². The highest BCUT2D eigenvalue weighted by atomic mass is 16.6. The highest BCUT2D eigenvalue weighted by molar-refractivity contribution is 5.33. The van der Waals surface area contributed by atoms with Crippen molar-refractivity contribution in [2.45, 2.75) is 32.1 Å². The number of aryl methyl sites for hydroxylation is 1. The summed E-state index contributed by atoms with van der Waals surface area (Å²) in [5.74, 6) is 0.700. The number of non-ortho nitro benzene ring substituents is 2. The van der Waals surface area contributed by atoms with E-state index in [9.17, 15) is 20.2 Å². The third kappa shape index (κ3) is 5.60. The minimum Gasteiger partial charge on any atom is -0.303 e. The van der Waals surface area contributed by atoms with Crippen molar-refractivity contribution in [3.05, 3.63) is 79.9 Å². The monoisotopic (exact) mass is 383 g/mol. The van der Waals surface area contributed by atoms with E-state index in [0.29, 0.717) is 5.92 Å². The predicted molar refractivity (Wildman–Crippen MR) is 107 cm³/mol. The van der Waals surface area contributed by atoms with Gasteiger partial charge in [0.05, 0.1) is 9.85 Å². The Labute approximate surface area is 164 Å². The third-order valence-corrected chi connectivity index (χ3v) is 5.56. The van der Waals surface area contributed by atoms with E-state index in [1.807, 2.05) is 24.3 Å². The molecule has 0 bridgehead atoms. The van der Waals surface area contributed by atoms with Gasteiger partial charge in [-0.2, -0.15) is 0 Å². The maximum atomic E-state index is 10.7. The average Bonchev–Trinajstić information content (AvgIpc) is 2.72. The van der Waals surface area contributed by atoms with Gasteiger partial charge >= 0.3 is 0 Å². The maximum Gasteiger partial charge on any atom is 0.269 e. The second-order valence-electron chi connectivity index (χ2n) is 7.42. The Balaban J connectivity index is 1.37. The van der Waals surface area contributed by atoms with Crippen LogP contribution >= 0.6 is 0 Å². The second-order valence-corrected chi connectivity index (χ2v) is 7.42. The second kappa shape index (κ2) is 9.41. The van der Waals surface area contributed by atoms with Gasteiger partial charge in [0.1, 0.15) is 0 Å². The molecule has 28 heavy (non-hydrogen) atoms. The molecule has 0 amide bonds. The average molecular weight is 383 g/mol. The molecule has 0 atom stereocenters. The molecule has 1 fully saturated rings. The van der Waals surface area contributed by atoms with Crippen LogP contribution in [0.3, 0.4) is 0 Å². The number of piperidine rings is 1. The molecule has 0 saturated carbocycles. The number of rotatable bonds is 8. The lowest BCUT2D eigenvalue weighted by molar-refractivity contribution is -0.385. The summed E-state index contributed by atoms with van der Waals surface area (Å²) >= 11 is 0. The molecule has 0 aliphatic carbocycles. The van der Waals surface area contributed by atoms with Crippen LogP contribution in [0.25, 0.3) is 0 Å². The van der Waals surface area contributed by atoms with E-state index in [2.05, 4.69) is 4.90 Å².